The Morgan fingerprint density at radius 2 is 1.88 bits per heavy atom. The molecule has 0 radical (unpaired) electrons. The molecule has 0 aliphatic rings. The Hall–Kier alpha value is -2.86. The molecule has 3 aromatic rings. The maximum atomic E-state index is 12.2. The molecule has 0 aliphatic heterocycles. The predicted octanol–water partition coefficient (Wildman–Crippen LogP) is 4.16. The molecule has 0 spiro atoms. The molecule has 0 atom stereocenters. The third-order valence-corrected chi connectivity index (χ3v) is 3.88. The minimum atomic E-state index is -0.467. The lowest BCUT2D eigenvalue weighted by molar-refractivity contribution is 0.0601. The molecule has 0 N–H and O–H groups in total. The zero-order chi connectivity index (χ0) is 18.0. The van der Waals surface area contributed by atoms with Crippen LogP contribution >= 0.6 is 11.6 Å². The van der Waals surface area contributed by atoms with Crippen LogP contribution in [0.2, 0.25) is 5.02 Å². The van der Waals surface area contributed by atoms with Crippen molar-refractivity contribution in [2.24, 2.45) is 0 Å². The van der Waals surface area contributed by atoms with E-state index in [4.69, 9.17) is 25.5 Å². The van der Waals surface area contributed by atoms with Crippen molar-refractivity contribution in [1.29, 1.82) is 0 Å². The van der Waals surface area contributed by atoms with Crippen molar-refractivity contribution in [1.82, 2.24) is 10.2 Å². The van der Waals surface area contributed by atoms with E-state index < -0.39 is 5.97 Å². The first-order valence-corrected chi connectivity index (χ1v) is 7.78. The number of nitrogens with zero attached hydrogens (tertiary/aromatic N) is 2. The summed E-state index contributed by atoms with van der Waals surface area (Å²) in [6.45, 7) is 1.71. The largest absolute Gasteiger partial charge is 0.496 e. The predicted molar refractivity (Wildman–Crippen MR) is 92.8 cm³/mol. The van der Waals surface area contributed by atoms with Crippen molar-refractivity contribution in [2.45, 2.75) is 6.92 Å². The van der Waals surface area contributed by atoms with Gasteiger partial charge in [0.05, 0.1) is 19.8 Å². The van der Waals surface area contributed by atoms with Crippen LogP contribution in [0.5, 0.6) is 5.75 Å². The van der Waals surface area contributed by atoms with Gasteiger partial charge in [-0.05, 0) is 36.4 Å². The van der Waals surface area contributed by atoms with E-state index in [2.05, 4.69) is 10.2 Å². The molecule has 0 saturated heterocycles. The molecule has 25 heavy (non-hydrogen) atoms. The van der Waals surface area contributed by atoms with Gasteiger partial charge >= 0.3 is 5.97 Å². The lowest BCUT2D eigenvalue weighted by atomic mass is 9.96. The summed E-state index contributed by atoms with van der Waals surface area (Å²) in [5.41, 5.74) is 2.31. The highest BCUT2D eigenvalue weighted by Gasteiger charge is 2.19. The van der Waals surface area contributed by atoms with Crippen LogP contribution in [-0.4, -0.2) is 30.4 Å². The summed E-state index contributed by atoms with van der Waals surface area (Å²) in [6.07, 6.45) is 0. The zero-order valence-corrected chi connectivity index (χ0v) is 14.6. The van der Waals surface area contributed by atoms with Gasteiger partial charge in [0.15, 0.2) is 0 Å². The number of aryl methyl sites for hydroxylation is 1. The van der Waals surface area contributed by atoms with Gasteiger partial charge in [-0.1, -0.05) is 11.6 Å². The van der Waals surface area contributed by atoms with Crippen molar-refractivity contribution in [3.63, 3.8) is 0 Å². The van der Waals surface area contributed by atoms with Crippen LogP contribution in [0, 0.1) is 6.92 Å². The SMILES string of the molecule is COC(=O)c1ccc(-c2nnc(C)o2)cc1-c1cc(Cl)ccc1OC. The number of rotatable bonds is 4. The maximum Gasteiger partial charge on any atom is 0.338 e. The van der Waals surface area contributed by atoms with Gasteiger partial charge in [-0.2, -0.15) is 0 Å². The van der Waals surface area contributed by atoms with Crippen molar-refractivity contribution < 1.29 is 18.7 Å². The summed E-state index contributed by atoms with van der Waals surface area (Å²) < 4.78 is 15.8. The second-order valence-corrected chi connectivity index (χ2v) is 5.66. The number of benzene rings is 2. The van der Waals surface area contributed by atoms with Crippen LogP contribution in [-0.2, 0) is 4.74 Å². The number of hydrogen-bond acceptors (Lipinski definition) is 6. The summed E-state index contributed by atoms with van der Waals surface area (Å²) in [5.74, 6) is 0.920. The van der Waals surface area contributed by atoms with E-state index in [1.807, 2.05) is 0 Å². The minimum absolute atomic E-state index is 0.358. The van der Waals surface area contributed by atoms with Crippen LogP contribution in [0.3, 0.4) is 0 Å². The van der Waals surface area contributed by atoms with Gasteiger partial charge in [0, 0.05) is 28.6 Å². The highest BCUT2D eigenvalue weighted by molar-refractivity contribution is 6.31. The normalized spacial score (nSPS) is 10.6. The van der Waals surface area contributed by atoms with Gasteiger partial charge in [-0.15, -0.1) is 10.2 Å². The standard InChI is InChI=1S/C18H15ClN2O4/c1-10-20-21-17(25-10)11-4-6-13(18(22)24-3)14(8-11)15-9-12(19)5-7-16(15)23-2/h4-9H,1-3H3. The third-order valence-electron chi connectivity index (χ3n) is 3.65. The molecular weight excluding hydrogens is 344 g/mol. The minimum Gasteiger partial charge on any atom is -0.496 e. The van der Waals surface area contributed by atoms with E-state index in [1.165, 1.54) is 7.11 Å². The molecule has 0 amide bonds. The molecule has 1 heterocycles. The summed E-state index contributed by atoms with van der Waals surface area (Å²) >= 11 is 6.14. The highest BCUT2D eigenvalue weighted by atomic mass is 35.5. The fourth-order valence-corrected chi connectivity index (χ4v) is 2.66. The fourth-order valence-electron chi connectivity index (χ4n) is 2.49. The van der Waals surface area contributed by atoms with Crippen molar-refractivity contribution >= 4 is 17.6 Å². The van der Waals surface area contributed by atoms with Gasteiger partial charge < -0.3 is 13.9 Å². The van der Waals surface area contributed by atoms with E-state index in [0.29, 0.717) is 44.8 Å². The van der Waals surface area contributed by atoms with Gasteiger partial charge in [0.1, 0.15) is 5.75 Å². The fraction of sp³-hybridized carbons (Fsp3) is 0.167. The molecule has 0 aliphatic carbocycles. The van der Waals surface area contributed by atoms with Crippen molar-refractivity contribution in [2.75, 3.05) is 14.2 Å². The summed E-state index contributed by atoms with van der Waals surface area (Å²) in [6, 6.07) is 10.3. The van der Waals surface area contributed by atoms with Crippen LogP contribution in [0.25, 0.3) is 22.6 Å². The molecule has 0 fully saturated rings. The van der Waals surface area contributed by atoms with Crippen molar-refractivity contribution in [3.8, 4) is 28.3 Å². The van der Waals surface area contributed by atoms with Gasteiger partial charge in [-0.3, -0.25) is 0 Å². The summed E-state index contributed by atoms with van der Waals surface area (Å²) in [4.78, 5) is 12.2. The van der Waals surface area contributed by atoms with Gasteiger partial charge in [0.2, 0.25) is 11.8 Å². The monoisotopic (exact) mass is 358 g/mol. The third kappa shape index (κ3) is 3.34. The lowest BCUT2D eigenvalue weighted by Gasteiger charge is -2.13. The molecule has 128 valence electrons. The van der Waals surface area contributed by atoms with E-state index in [9.17, 15) is 4.79 Å². The topological polar surface area (TPSA) is 74.5 Å². The van der Waals surface area contributed by atoms with E-state index >= 15 is 0 Å². The number of aromatic nitrogens is 2. The Kier molecular flexibility index (Phi) is 4.72. The number of methoxy groups -OCH3 is 2. The molecule has 3 rings (SSSR count). The average Bonchev–Trinajstić information content (AvgIpc) is 3.07. The Balaban J connectivity index is 2.25. The molecule has 7 heteroatoms. The molecule has 0 unspecified atom stereocenters. The first-order valence-electron chi connectivity index (χ1n) is 7.40. The van der Waals surface area contributed by atoms with Crippen molar-refractivity contribution in [3.05, 3.63) is 52.9 Å². The average molecular weight is 359 g/mol. The van der Waals surface area contributed by atoms with E-state index in [0.717, 1.165) is 0 Å². The first kappa shape index (κ1) is 17.0. The quantitative estimate of drug-likeness (QED) is 0.652. The molecule has 0 saturated carbocycles. The van der Waals surface area contributed by atoms with Crippen LogP contribution < -0.4 is 4.74 Å². The molecule has 6 nitrogen and oxygen atoms in total. The number of carbonyl (C=O) groups is 1. The Labute approximate surface area is 149 Å². The van der Waals surface area contributed by atoms with Gasteiger partial charge in [-0.25, -0.2) is 4.79 Å². The number of ether oxygens (including phenoxy) is 2. The smallest absolute Gasteiger partial charge is 0.338 e. The second-order valence-electron chi connectivity index (χ2n) is 5.22. The zero-order valence-electron chi connectivity index (χ0n) is 13.9. The highest BCUT2D eigenvalue weighted by Crippen LogP contribution is 2.37. The van der Waals surface area contributed by atoms with Crippen LogP contribution in [0.4, 0.5) is 0 Å². The van der Waals surface area contributed by atoms with E-state index in [-0.39, 0.29) is 0 Å². The number of esters is 1. The maximum absolute atomic E-state index is 12.2. The summed E-state index contributed by atoms with van der Waals surface area (Å²) in [7, 11) is 2.88. The number of carbonyl (C=O) groups excluding carboxylic acids is 1. The Morgan fingerprint density at radius 1 is 1.08 bits per heavy atom. The van der Waals surface area contributed by atoms with Crippen LogP contribution in [0.15, 0.2) is 40.8 Å². The molecular formula is C18H15ClN2O4. The molecule has 0 bridgehead atoms. The van der Waals surface area contributed by atoms with Gasteiger partial charge in [0.25, 0.3) is 0 Å². The molecule has 2 aromatic carbocycles. The number of hydrogen-bond donors (Lipinski definition) is 0. The molecule has 1 aromatic heterocycles. The van der Waals surface area contributed by atoms with Crippen LogP contribution in [0.1, 0.15) is 16.2 Å². The second kappa shape index (κ2) is 6.94. The number of halogens is 1. The summed E-state index contributed by atoms with van der Waals surface area (Å²) in [5, 5.41) is 8.37. The Morgan fingerprint density at radius 3 is 2.52 bits per heavy atom. The lowest BCUT2D eigenvalue weighted by Crippen LogP contribution is -2.04. The first-order chi connectivity index (χ1) is 12.0. The Bertz CT molecular complexity index is 937. The van der Waals surface area contributed by atoms with E-state index in [1.54, 1.807) is 50.4 Å².